The van der Waals surface area contributed by atoms with Gasteiger partial charge in [0, 0.05) is 13.1 Å². The van der Waals surface area contributed by atoms with Crippen LogP contribution >= 0.6 is 12.2 Å². The summed E-state index contributed by atoms with van der Waals surface area (Å²) < 4.78 is 0. The van der Waals surface area contributed by atoms with Crippen LogP contribution < -0.4 is 10.6 Å². The van der Waals surface area contributed by atoms with Gasteiger partial charge in [0.25, 0.3) is 0 Å². The van der Waals surface area contributed by atoms with Crippen LogP contribution in [-0.2, 0) is 6.54 Å². The van der Waals surface area contributed by atoms with E-state index in [-0.39, 0.29) is 0 Å². The van der Waals surface area contributed by atoms with Gasteiger partial charge in [0.1, 0.15) is 0 Å². The maximum atomic E-state index is 5.35. The Morgan fingerprint density at radius 3 is 2.63 bits per heavy atom. The van der Waals surface area contributed by atoms with Crippen LogP contribution in [0.3, 0.4) is 0 Å². The minimum atomic E-state index is 0.798. The van der Waals surface area contributed by atoms with E-state index in [4.69, 9.17) is 12.2 Å². The van der Waals surface area contributed by atoms with Gasteiger partial charge in [0.05, 0.1) is 0 Å². The van der Waals surface area contributed by atoms with Crippen molar-refractivity contribution in [3.05, 3.63) is 35.9 Å². The van der Waals surface area contributed by atoms with Crippen LogP contribution in [0, 0.1) is 17.8 Å². The highest BCUT2D eigenvalue weighted by molar-refractivity contribution is 7.80. The molecule has 0 spiro atoms. The molecule has 2 aliphatic carbocycles. The molecule has 0 amide bonds. The summed E-state index contributed by atoms with van der Waals surface area (Å²) in [6, 6.07) is 10.4. The maximum absolute atomic E-state index is 5.35. The van der Waals surface area contributed by atoms with E-state index < -0.39 is 0 Å². The molecule has 1 aromatic carbocycles. The highest BCUT2D eigenvalue weighted by Gasteiger charge is 2.39. The van der Waals surface area contributed by atoms with Gasteiger partial charge in [-0.3, -0.25) is 0 Å². The van der Waals surface area contributed by atoms with Crippen molar-refractivity contribution in [1.29, 1.82) is 0 Å². The lowest BCUT2D eigenvalue weighted by Crippen LogP contribution is -2.38. The standard InChI is InChI=1S/C16H22N2S/c19-16(17-10-12-4-2-1-3-5-12)18-11-15-9-13-6-7-14(15)8-13/h1-5,13-15H,6-11H2,(H2,17,18,19)/t13-,14+,15-/m0/s1. The lowest BCUT2D eigenvalue weighted by atomic mass is 9.89. The van der Waals surface area contributed by atoms with Crippen LogP contribution in [0.1, 0.15) is 31.2 Å². The summed E-state index contributed by atoms with van der Waals surface area (Å²) in [5.41, 5.74) is 1.27. The molecule has 1 aromatic rings. The van der Waals surface area contributed by atoms with E-state index in [1.807, 2.05) is 6.07 Å². The zero-order valence-electron chi connectivity index (χ0n) is 11.3. The highest BCUT2D eigenvalue weighted by atomic mass is 32.1. The summed E-state index contributed by atoms with van der Waals surface area (Å²) in [6.07, 6.45) is 5.80. The second kappa shape index (κ2) is 5.91. The third-order valence-corrected chi connectivity index (χ3v) is 4.99. The van der Waals surface area contributed by atoms with Crippen LogP contribution in [0.2, 0.25) is 0 Å². The number of fused-ring (bicyclic) bond motifs is 2. The van der Waals surface area contributed by atoms with Gasteiger partial charge in [-0.25, -0.2) is 0 Å². The Bertz CT molecular complexity index is 432. The molecule has 2 fully saturated rings. The monoisotopic (exact) mass is 274 g/mol. The van der Waals surface area contributed by atoms with Crippen LogP contribution in [-0.4, -0.2) is 11.7 Å². The van der Waals surface area contributed by atoms with Gasteiger partial charge in [-0.1, -0.05) is 36.8 Å². The predicted molar refractivity (Wildman–Crippen MR) is 82.8 cm³/mol. The molecule has 102 valence electrons. The minimum Gasteiger partial charge on any atom is -0.362 e. The molecule has 3 rings (SSSR count). The second-order valence-electron chi connectivity index (χ2n) is 5.98. The number of thiocarbonyl (C=S) groups is 1. The van der Waals surface area contributed by atoms with Crippen molar-refractivity contribution >= 4 is 17.3 Å². The van der Waals surface area contributed by atoms with E-state index in [2.05, 4.69) is 34.9 Å². The van der Waals surface area contributed by atoms with Crippen LogP contribution in [0.5, 0.6) is 0 Å². The average Bonchev–Trinajstić information content (AvgIpc) is 3.06. The number of rotatable bonds is 4. The van der Waals surface area contributed by atoms with Crippen molar-refractivity contribution in [2.45, 2.75) is 32.2 Å². The molecule has 0 aliphatic heterocycles. The van der Waals surface area contributed by atoms with E-state index in [1.54, 1.807) is 0 Å². The summed E-state index contributed by atoms with van der Waals surface area (Å²) in [4.78, 5) is 0. The number of hydrogen-bond donors (Lipinski definition) is 2. The van der Waals surface area contributed by atoms with E-state index >= 15 is 0 Å². The van der Waals surface area contributed by atoms with Crippen molar-refractivity contribution in [2.24, 2.45) is 17.8 Å². The van der Waals surface area contributed by atoms with Crippen molar-refractivity contribution in [3.63, 3.8) is 0 Å². The second-order valence-corrected chi connectivity index (χ2v) is 6.39. The average molecular weight is 274 g/mol. The van der Waals surface area contributed by atoms with Crippen molar-refractivity contribution < 1.29 is 0 Å². The molecular formula is C16H22N2S. The summed E-state index contributed by atoms with van der Waals surface area (Å²) in [6.45, 7) is 1.87. The molecule has 2 nitrogen and oxygen atoms in total. The fourth-order valence-electron chi connectivity index (χ4n) is 3.69. The van der Waals surface area contributed by atoms with Gasteiger partial charge in [-0.2, -0.15) is 0 Å². The number of benzene rings is 1. The molecule has 2 bridgehead atoms. The Hall–Kier alpha value is -1.09. The summed E-state index contributed by atoms with van der Waals surface area (Å²) in [7, 11) is 0. The molecule has 0 radical (unpaired) electrons. The first kappa shape index (κ1) is 12.9. The normalized spacial score (nSPS) is 28.3. The molecule has 2 aliphatic rings. The lowest BCUT2D eigenvalue weighted by Gasteiger charge is -2.22. The molecule has 0 aromatic heterocycles. The number of nitrogens with one attached hydrogen (secondary N) is 2. The predicted octanol–water partition coefficient (Wildman–Crippen LogP) is 3.09. The highest BCUT2D eigenvalue weighted by Crippen LogP contribution is 2.47. The van der Waals surface area contributed by atoms with E-state index in [9.17, 15) is 0 Å². The molecular weight excluding hydrogens is 252 g/mol. The lowest BCUT2D eigenvalue weighted by molar-refractivity contribution is 0.332. The third kappa shape index (κ3) is 3.27. The van der Waals surface area contributed by atoms with E-state index in [0.29, 0.717) is 0 Å². The van der Waals surface area contributed by atoms with Gasteiger partial charge >= 0.3 is 0 Å². The zero-order valence-corrected chi connectivity index (χ0v) is 12.1. The van der Waals surface area contributed by atoms with Gasteiger partial charge in [-0.15, -0.1) is 0 Å². The van der Waals surface area contributed by atoms with E-state index in [0.717, 1.165) is 36.0 Å². The largest absolute Gasteiger partial charge is 0.362 e. The smallest absolute Gasteiger partial charge is 0.166 e. The Morgan fingerprint density at radius 1 is 1.11 bits per heavy atom. The quantitative estimate of drug-likeness (QED) is 0.825. The summed E-state index contributed by atoms with van der Waals surface area (Å²) >= 11 is 5.35. The maximum Gasteiger partial charge on any atom is 0.166 e. The first-order chi connectivity index (χ1) is 9.31. The molecule has 3 heteroatoms. The fraction of sp³-hybridized carbons (Fsp3) is 0.562. The van der Waals surface area contributed by atoms with Crippen molar-refractivity contribution in [3.8, 4) is 0 Å². The molecule has 2 saturated carbocycles. The first-order valence-corrected chi connectivity index (χ1v) is 7.77. The molecule has 0 heterocycles. The molecule has 2 N–H and O–H groups in total. The van der Waals surface area contributed by atoms with Crippen molar-refractivity contribution in [1.82, 2.24) is 10.6 Å². The Balaban J connectivity index is 1.38. The summed E-state index contributed by atoms with van der Waals surface area (Å²) in [5.74, 6) is 2.84. The van der Waals surface area contributed by atoms with Gasteiger partial charge in [0.15, 0.2) is 5.11 Å². The number of hydrogen-bond acceptors (Lipinski definition) is 1. The molecule has 19 heavy (non-hydrogen) atoms. The first-order valence-electron chi connectivity index (χ1n) is 7.37. The Kier molecular flexibility index (Phi) is 4.02. The van der Waals surface area contributed by atoms with Crippen LogP contribution in [0.25, 0.3) is 0 Å². The Labute approximate surface area is 121 Å². The summed E-state index contributed by atoms with van der Waals surface area (Å²) in [5, 5.41) is 7.49. The Morgan fingerprint density at radius 2 is 1.95 bits per heavy atom. The van der Waals surface area contributed by atoms with Gasteiger partial charge in [-0.05, 0) is 54.8 Å². The fourth-order valence-corrected chi connectivity index (χ4v) is 3.85. The third-order valence-electron chi connectivity index (χ3n) is 4.71. The van der Waals surface area contributed by atoms with E-state index in [1.165, 1.54) is 31.2 Å². The topological polar surface area (TPSA) is 24.1 Å². The van der Waals surface area contributed by atoms with Gasteiger partial charge in [0.2, 0.25) is 0 Å². The zero-order chi connectivity index (χ0) is 13.1. The minimum absolute atomic E-state index is 0.798. The van der Waals surface area contributed by atoms with Crippen LogP contribution in [0.15, 0.2) is 30.3 Å². The SMILES string of the molecule is S=C(NCc1ccccc1)NC[C@@H]1C[C@H]2CC[C@@H]1C2. The van der Waals surface area contributed by atoms with Gasteiger partial charge < -0.3 is 10.6 Å². The van der Waals surface area contributed by atoms with Crippen molar-refractivity contribution in [2.75, 3.05) is 6.54 Å². The van der Waals surface area contributed by atoms with Crippen LogP contribution in [0.4, 0.5) is 0 Å². The molecule has 0 unspecified atom stereocenters. The molecule has 0 saturated heterocycles. The molecule has 3 atom stereocenters.